The third-order valence-electron chi connectivity index (χ3n) is 6.71. The molecule has 1 saturated heterocycles. The lowest BCUT2D eigenvalue weighted by molar-refractivity contribution is -0.120. The molecule has 1 atom stereocenters. The number of hydrogen-bond donors (Lipinski definition) is 1. The third-order valence-corrected chi connectivity index (χ3v) is 6.71. The Morgan fingerprint density at radius 2 is 1.67 bits per heavy atom. The molecule has 2 fully saturated rings. The van der Waals surface area contributed by atoms with Gasteiger partial charge in [-0.3, -0.25) is 4.79 Å². The van der Waals surface area contributed by atoms with Gasteiger partial charge in [0.1, 0.15) is 6.04 Å². The smallest absolute Gasteiger partial charge is 0.332 e. The Hall–Kier alpha value is -2.77. The molecule has 5 amide bonds. The zero-order chi connectivity index (χ0) is 24.0. The number of unbranched alkanes of at least 4 members (excludes halogenated alkanes) is 1. The molecule has 0 aromatic heterocycles. The molecule has 8 heteroatoms. The first-order valence-electron chi connectivity index (χ1n) is 12.2. The monoisotopic (exact) mass is 457 g/mol. The Morgan fingerprint density at radius 3 is 2.27 bits per heavy atom. The zero-order valence-electron chi connectivity index (χ0n) is 20.5. The summed E-state index contributed by atoms with van der Waals surface area (Å²) >= 11 is 0. The lowest BCUT2D eigenvalue weighted by Gasteiger charge is -2.29. The van der Waals surface area contributed by atoms with E-state index in [0.29, 0.717) is 31.1 Å². The Kier molecular flexibility index (Phi) is 8.58. The first kappa shape index (κ1) is 24.9. The predicted octanol–water partition coefficient (Wildman–Crippen LogP) is 3.91. The average molecular weight is 458 g/mol. The lowest BCUT2D eigenvalue weighted by atomic mass is 9.88. The van der Waals surface area contributed by atoms with Crippen LogP contribution in [0.3, 0.4) is 0 Å². The second kappa shape index (κ2) is 11.4. The molecule has 2 aliphatic rings. The molecule has 33 heavy (non-hydrogen) atoms. The zero-order valence-corrected chi connectivity index (χ0v) is 20.5. The fourth-order valence-corrected chi connectivity index (χ4v) is 4.72. The van der Waals surface area contributed by atoms with Crippen molar-refractivity contribution in [2.45, 2.75) is 57.4 Å². The summed E-state index contributed by atoms with van der Waals surface area (Å²) in [4.78, 5) is 45.2. The van der Waals surface area contributed by atoms with E-state index in [1.807, 2.05) is 48.2 Å². The summed E-state index contributed by atoms with van der Waals surface area (Å²) < 4.78 is 0. The van der Waals surface area contributed by atoms with E-state index < -0.39 is 6.04 Å². The quantitative estimate of drug-likeness (QED) is 0.451. The maximum Gasteiger partial charge on any atom is 0.332 e. The van der Waals surface area contributed by atoms with Gasteiger partial charge in [0.05, 0.1) is 5.69 Å². The number of benzene rings is 1. The molecule has 3 rings (SSSR count). The average Bonchev–Trinajstić information content (AvgIpc) is 3.03. The molecule has 1 N–H and O–H groups in total. The minimum atomic E-state index is -0.433. The van der Waals surface area contributed by atoms with Gasteiger partial charge in [-0.15, -0.1) is 0 Å². The van der Waals surface area contributed by atoms with E-state index in [4.69, 9.17) is 0 Å². The van der Waals surface area contributed by atoms with E-state index in [9.17, 15) is 14.4 Å². The summed E-state index contributed by atoms with van der Waals surface area (Å²) in [5, 5.41) is 2.86. The van der Waals surface area contributed by atoms with Crippen LogP contribution in [0.5, 0.6) is 0 Å². The molecule has 1 aliphatic heterocycles. The largest absolute Gasteiger partial charge is 0.378 e. The second-order valence-electron chi connectivity index (χ2n) is 9.66. The first-order chi connectivity index (χ1) is 15.8. The number of rotatable bonds is 9. The highest BCUT2D eigenvalue weighted by Gasteiger charge is 2.46. The number of amides is 5. The maximum atomic E-state index is 13.4. The van der Waals surface area contributed by atoms with E-state index in [-0.39, 0.29) is 18.0 Å². The number of anilines is 2. The number of nitrogens with zero attached hydrogens (tertiary/aromatic N) is 4. The minimum absolute atomic E-state index is 0.117. The predicted molar refractivity (Wildman–Crippen MR) is 132 cm³/mol. The van der Waals surface area contributed by atoms with Crippen molar-refractivity contribution in [2.75, 3.05) is 51.1 Å². The molecule has 1 aromatic rings. The van der Waals surface area contributed by atoms with Gasteiger partial charge in [-0.2, -0.15) is 0 Å². The summed E-state index contributed by atoms with van der Waals surface area (Å²) in [6.07, 6.45) is 8.06. The molecular weight excluding hydrogens is 418 g/mol. The van der Waals surface area contributed by atoms with Crippen LogP contribution in [0.25, 0.3) is 0 Å². The van der Waals surface area contributed by atoms with E-state index in [0.717, 1.165) is 31.4 Å². The number of imide groups is 1. The number of carbonyl (C=O) groups is 3. The molecule has 1 aromatic carbocycles. The maximum absolute atomic E-state index is 13.4. The highest BCUT2D eigenvalue weighted by molar-refractivity contribution is 6.21. The summed E-state index contributed by atoms with van der Waals surface area (Å²) in [6, 6.07) is 6.82. The van der Waals surface area contributed by atoms with Crippen molar-refractivity contribution in [2.24, 2.45) is 5.92 Å². The number of urea groups is 2. The minimum Gasteiger partial charge on any atom is -0.378 e. The van der Waals surface area contributed by atoms with Crippen LogP contribution in [-0.4, -0.2) is 75.1 Å². The van der Waals surface area contributed by atoms with Gasteiger partial charge < -0.3 is 20.0 Å². The molecule has 0 bridgehead atoms. The Balaban J connectivity index is 1.69. The van der Waals surface area contributed by atoms with Crippen LogP contribution in [-0.2, 0) is 4.79 Å². The lowest BCUT2D eigenvalue weighted by Crippen LogP contribution is -2.39. The van der Waals surface area contributed by atoms with Crippen molar-refractivity contribution in [1.82, 2.24) is 15.1 Å². The van der Waals surface area contributed by atoms with E-state index in [2.05, 4.69) is 5.32 Å². The Labute approximate surface area is 197 Å². The van der Waals surface area contributed by atoms with Gasteiger partial charge in [0.15, 0.2) is 0 Å². The summed E-state index contributed by atoms with van der Waals surface area (Å²) in [5.41, 5.74) is 1.65. The van der Waals surface area contributed by atoms with Crippen LogP contribution in [0.15, 0.2) is 24.3 Å². The summed E-state index contributed by atoms with van der Waals surface area (Å²) in [5.74, 6) is 0.333. The van der Waals surface area contributed by atoms with Gasteiger partial charge in [-0.1, -0.05) is 19.3 Å². The molecule has 0 radical (unpaired) electrons. The fourth-order valence-electron chi connectivity index (χ4n) is 4.72. The van der Waals surface area contributed by atoms with Crippen LogP contribution in [0.2, 0.25) is 0 Å². The van der Waals surface area contributed by atoms with Crippen molar-refractivity contribution in [3.05, 3.63) is 24.3 Å². The summed E-state index contributed by atoms with van der Waals surface area (Å²) in [6.45, 7) is 1.21. The molecule has 0 spiro atoms. The number of nitrogens with one attached hydrogen (secondary N) is 1. The number of carbonyl (C=O) groups excluding carboxylic acids is 3. The van der Waals surface area contributed by atoms with Gasteiger partial charge in [-0.25, -0.2) is 14.5 Å². The van der Waals surface area contributed by atoms with Gasteiger partial charge in [0.2, 0.25) is 0 Å². The molecule has 1 heterocycles. The topological polar surface area (TPSA) is 76.2 Å². The van der Waals surface area contributed by atoms with E-state index >= 15 is 0 Å². The van der Waals surface area contributed by atoms with E-state index in [1.165, 1.54) is 29.1 Å². The van der Waals surface area contributed by atoms with Crippen molar-refractivity contribution in [3.8, 4) is 0 Å². The molecule has 8 nitrogen and oxygen atoms in total. The molecule has 0 unspecified atom stereocenters. The molecule has 1 saturated carbocycles. The van der Waals surface area contributed by atoms with Crippen LogP contribution in [0.4, 0.5) is 21.0 Å². The highest BCUT2D eigenvalue weighted by Crippen LogP contribution is 2.32. The normalized spacial score (nSPS) is 19.2. The Morgan fingerprint density at radius 1 is 1.00 bits per heavy atom. The summed E-state index contributed by atoms with van der Waals surface area (Å²) in [7, 11) is 7.34. The SMILES string of the molecule is CN(C)C(=O)NCCCC[C@H]1C(=O)N(c2ccc(N(C)C)cc2)C(=O)N1CC1CCCCC1. The standard InChI is InChI=1S/C25H39N5O3/c1-27(2)20-13-15-21(16-14-20)30-23(31)22(12-8-9-17-26-24(32)28(3)4)29(25(30)33)18-19-10-6-5-7-11-19/h13-16,19,22H,5-12,17-18H2,1-4H3,(H,26,32)/t22-/m0/s1. The van der Waals surface area contributed by atoms with Crippen molar-refractivity contribution in [3.63, 3.8) is 0 Å². The van der Waals surface area contributed by atoms with Crippen LogP contribution < -0.4 is 15.1 Å². The van der Waals surface area contributed by atoms with Crippen LogP contribution in [0.1, 0.15) is 51.4 Å². The molecule has 1 aliphatic carbocycles. The highest BCUT2D eigenvalue weighted by atomic mass is 16.2. The van der Waals surface area contributed by atoms with Crippen LogP contribution >= 0.6 is 0 Å². The second-order valence-corrected chi connectivity index (χ2v) is 9.66. The van der Waals surface area contributed by atoms with Crippen molar-refractivity contribution in [1.29, 1.82) is 0 Å². The third kappa shape index (κ3) is 6.18. The first-order valence-corrected chi connectivity index (χ1v) is 12.2. The van der Waals surface area contributed by atoms with Gasteiger partial charge in [0.25, 0.3) is 5.91 Å². The van der Waals surface area contributed by atoms with Gasteiger partial charge >= 0.3 is 12.1 Å². The van der Waals surface area contributed by atoms with Crippen LogP contribution in [0, 0.1) is 5.92 Å². The molecule has 182 valence electrons. The van der Waals surface area contributed by atoms with Crippen molar-refractivity contribution < 1.29 is 14.4 Å². The van der Waals surface area contributed by atoms with E-state index in [1.54, 1.807) is 14.1 Å². The fraction of sp³-hybridized carbons (Fsp3) is 0.640. The molecular formula is C25H39N5O3. The number of hydrogen-bond acceptors (Lipinski definition) is 4. The van der Waals surface area contributed by atoms with Gasteiger partial charge in [0, 0.05) is 47.0 Å². The van der Waals surface area contributed by atoms with Gasteiger partial charge in [-0.05, 0) is 62.3 Å². The van der Waals surface area contributed by atoms with Crippen molar-refractivity contribution >= 4 is 29.3 Å². The Bertz CT molecular complexity index is 818.